The maximum atomic E-state index is 11.6. The van der Waals surface area contributed by atoms with Gasteiger partial charge in [-0.1, -0.05) is 35.9 Å². The van der Waals surface area contributed by atoms with Crippen molar-refractivity contribution < 1.29 is 23.8 Å². The molecule has 5 aromatic rings. The standard InChI is InChI=1S/C33H29ClN4O5/c1-20-24(5-4-6-26(20)23-7-8-29-28(11-23)37-19-43-29)18-42-31-12-30(41-17-22-9-21(13-35)14-36-15-22)25(10-27(31)34)16-38-33(2,3)32(39)40/h4-12,14-15,19,38H,16-18H2,1-3H3,(H,39,40). The normalized spacial score (nSPS) is 11.3. The van der Waals surface area contributed by atoms with E-state index in [1.165, 1.54) is 12.6 Å². The molecule has 0 aliphatic carbocycles. The SMILES string of the molecule is Cc1c(COc2cc(OCc3cncc(C#N)c3)c(CNC(C)(C)C(=O)O)cc2Cl)cccc1-c1ccc2ocnc2c1. The van der Waals surface area contributed by atoms with E-state index in [0.29, 0.717) is 33.2 Å². The van der Waals surface area contributed by atoms with Crippen molar-refractivity contribution in [2.45, 2.75) is 46.1 Å². The summed E-state index contributed by atoms with van der Waals surface area (Å²) < 4.78 is 17.7. The minimum atomic E-state index is -1.18. The number of rotatable bonds is 11. The molecule has 2 aromatic heterocycles. The van der Waals surface area contributed by atoms with Crippen molar-refractivity contribution in [3.8, 4) is 28.7 Å². The van der Waals surface area contributed by atoms with E-state index in [2.05, 4.69) is 27.4 Å². The Balaban J connectivity index is 1.39. The van der Waals surface area contributed by atoms with Gasteiger partial charge in [-0.2, -0.15) is 5.26 Å². The second-order valence-electron chi connectivity index (χ2n) is 10.6. The van der Waals surface area contributed by atoms with E-state index in [0.717, 1.165) is 33.4 Å². The lowest BCUT2D eigenvalue weighted by Crippen LogP contribution is -2.46. The number of carboxylic acid groups (broad SMARTS) is 1. The van der Waals surface area contributed by atoms with Gasteiger partial charge in [-0.25, -0.2) is 4.98 Å². The zero-order valence-electron chi connectivity index (χ0n) is 23.8. The summed E-state index contributed by atoms with van der Waals surface area (Å²) >= 11 is 6.66. The monoisotopic (exact) mass is 596 g/mol. The number of pyridine rings is 1. The molecule has 0 aliphatic heterocycles. The van der Waals surface area contributed by atoms with E-state index >= 15 is 0 Å². The molecule has 2 heterocycles. The quantitative estimate of drug-likeness (QED) is 0.168. The molecule has 43 heavy (non-hydrogen) atoms. The molecule has 5 rings (SSSR count). The van der Waals surface area contributed by atoms with Crippen LogP contribution in [0, 0.1) is 18.3 Å². The van der Waals surface area contributed by atoms with Crippen LogP contribution in [0.1, 0.15) is 41.7 Å². The van der Waals surface area contributed by atoms with Crippen molar-refractivity contribution in [1.82, 2.24) is 15.3 Å². The number of aliphatic carboxylic acids is 1. The fourth-order valence-corrected chi connectivity index (χ4v) is 4.71. The number of halogens is 1. The Morgan fingerprint density at radius 3 is 2.67 bits per heavy atom. The third-order valence-electron chi connectivity index (χ3n) is 7.16. The molecule has 0 radical (unpaired) electrons. The Morgan fingerprint density at radius 2 is 1.88 bits per heavy atom. The molecule has 0 saturated carbocycles. The van der Waals surface area contributed by atoms with Gasteiger partial charge in [0.05, 0.1) is 10.6 Å². The van der Waals surface area contributed by atoms with Gasteiger partial charge in [0.2, 0.25) is 0 Å². The number of oxazole rings is 1. The van der Waals surface area contributed by atoms with Crippen molar-refractivity contribution in [1.29, 1.82) is 5.26 Å². The number of hydrogen-bond donors (Lipinski definition) is 2. The maximum absolute atomic E-state index is 11.6. The summed E-state index contributed by atoms with van der Waals surface area (Å²) in [7, 11) is 0. The van der Waals surface area contributed by atoms with Gasteiger partial charge >= 0.3 is 5.97 Å². The van der Waals surface area contributed by atoms with E-state index in [-0.39, 0.29) is 19.8 Å². The number of nitriles is 1. The lowest BCUT2D eigenvalue weighted by molar-refractivity contribution is -0.143. The Hall–Kier alpha value is -4.91. The van der Waals surface area contributed by atoms with Crippen LogP contribution in [0.5, 0.6) is 11.5 Å². The molecule has 9 nitrogen and oxygen atoms in total. The number of fused-ring (bicyclic) bond motifs is 1. The maximum Gasteiger partial charge on any atom is 0.323 e. The first-order chi connectivity index (χ1) is 20.6. The van der Waals surface area contributed by atoms with Crippen molar-refractivity contribution >= 4 is 28.7 Å². The van der Waals surface area contributed by atoms with Gasteiger partial charge in [0.25, 0.3) is 0 Å². The molecule has 0 fully saturated rings. The molecular formula is C33H29ClN4O5. The molecule has 2 N–H and O–H groups in total. The van der Waals surface area contributed by atoms with Gasteiger partial charge in [0.1, 0.15) is 41.8 Å². The van der Waals surface area contributed by atoms with Crippen molar-refractivity contribution in [2.24, 2.45) is 0 Å². The van der Waals surface area contributed by atoms with Gasteiger partial charge in [-0.05, 0) is 67.3 Å². The molecular weight excluding hydrogens is 568 g/mol. The van der Waals surface area contributed by atoms with E-state index in [1.807, 2.05) is 37.3 Å². The summed E-state index contributed by atoms with van der Waals surface area (Å²) in [6.07, 6.45) is 4.53. The topological polar surface area (TPSA) is 130 Å². The molecule has 10 heteroatoms. The molecule has 0 unspecified atom stereocenters. The zero-order chi connectivity index (χ0) is 30.6. The number of ether oxygens (including phenoxy) is 2. The average Bonchev–Trinajstić information content (AvgIpc) is 3.47. The molecule has 0 spiro atoms. The zero-order valence-corrected chi connectivity index (χ0v) is 24.6. The average molecular weight is 597 g/mol. The van der Waals surface area contributed by atoms with Crippen LogP contribution in [0.15, 0.2) is 77.8 Å². The van der Waals surface area contributed by atoms with Crippen LogP contribution >= 0.6 is 11.6 Å². The smallest absolute Gasteiger partial charge is 0.323 e. The Morgan fingerprint density at radius 1 is 1.07 bits per heavy atom. The van der Waals surface area contributed by atoms with Crippen LogP contribution < -0.4 is 14.8 Å². The van der Waals surface area contributed by atoms with Crippen molar-refractivity contribution in [3.63, 3.8) is 0 Å². The summed E-state index contributed by atoms with van der Waals surface area (Å²) in [6, 6.07) is 19.1. The van der Waals surface area contributed by atoms with Gasteiger partial charge in [-0.3, -0.25) is 15.1 Å². The fourth-order valence-electron chi connectivity index (χ4n) is 4.47. The van der Waals surface area contributed by atoms with Gasteiger partial charge in [0, 0.05) is 36.1 Å². The lowest BCUT2D eigenvalue weighted by Gasteiger charge is -2.23. The molecule has 0 saturated heterocycles. The van der Waals surface area contributed by atoms with E-state index in [1.54, 1.807) is 38.2 Å². The second-order valence-corrected chi connectivity index (χ2v) is 11.0. The predicted octanol–water partition coefficient (Wildman–Crippen LogP) is 6.83. The van der Waals surface area contributed by atoms with E-state index < -0.39 is 11.5 Å². The van der Waals surface area contributed by atoms with Gasteiger partial charge in [0.15, 0.2) is 12.0 Å². The second kappa shape index (κ2) is 12.5. The van der Waals surface area contributed by atoms with Gasteiger partial charge < -0.3 is 19.0 Å². The first-order valence-electron chi connectivity index (χ1n) is 13.5. The summed E-state index contributed by atoms with van der Waals surface area (Å²) in [5.41, 5.74) is 6.22. The van der Waals surface area contributed by atoms with Crippen LogP contribution in [0.2, 0.25) is 5.02 Å². The highest BCUT2D eigenvalue weighted by atomic mass is 35.5. The Bertz CT molecular complexity index is 1840. The number of carbonyl (C=O) groups is 1. The molecule has 218 valence electrons. The molecule has 3 aromatic carbocycles. The fraction of sp³-hybridized carbons (Fsp3) is 0.212. The lowest BCUT2D eigenvalue weighted by atomic mass is 9.96. The van der Waals surface area contributed by atoms with Gasteiger partial charge in [-0.15, -0.1) is 0 Å². The minimum absolute atomic E-state index is 0.135. The van der Waals surface area contributed by atoms with Crippen molar-refractivity contribution in [2.75, 3.05) is 0 Å². The summed E-state index contributed by atoms with van der Waals surface area (Å²) in [5.74, 6) is -0.114. The highest BCUT2D eigenvalue weighted by Gasteiger charge is 2.27. The van der Waals surface area contributed by atoms with Crippen LogP contribution in [0.3, 0.4) is 0 Å². The number of nitrogens with zero attached hydrogens (tertiary/aromatic N) is 3. The minimum Gasteiger partial charge on any atom is -0.488 e. The van der Waals surface area contributed by atoms with Crippen molar-refractivity contribution in [3.05, 3.63) is 106 Å². The summed E-state index contributed by atoms with van der Waals surface area (Å²) in [5, 5.41) is 22.1. The highest BCUT2D eigenvalue weighted by Crippen LogP contribution is 2.35. The summed E-state index contributed by atoms with van der Waals surface area (Å²) in [6.45, 7) is 5.77. The number of carboxylic acids is 1. The number of hydrogen-bond acceptors (Lipinski definition) is 8. The predicted molar refractivity (Wildman–Crippen MR) is 162 cm³/mol. The van der Waals surface area contributed by atoms with Crippen LogP contribution in [-0.2, 0) is 24.6 Å². The number of aromatic nitrogens is 2. The largest absolute Gasteiger partial charge is 0.488 e. The van der Waals surface area contributed by atoms with Crippen LogP contribution in [-0.4, -0.2) is 26.6 Å². The van der Waals surface area contributed by atoms with E-state index in [4.69, 9.17) is 25.5 Å². The van der Waals surface area contributed by atoms with Crippen LogP contribution in [0.4, 0.5) is 0 Å². The third-order valence-corrected chi connectivity index (χ3v) is 7.45. The highest BCUT2D eigenvalue weighted by molar-refractivity contribution is 6.32. The molecule has 0 amide bonds. The number of benzene rings is 3. The first kappa shape index (κ1) is 29.6. The molecule has 0 aliphatic rings. The first-order valence-corrected chi connectivity index (χ1v) is 13.8. The molecule has 0 atom stereocenters. The third kappa shape index (κ3) is 6.78. The number of nitrogens with one attached hydrogen (secondary N) is 1. The Kier molecular flexibility index (Phi) is 8.62. The van der Waals surface area contributed by atoms with Crippen LogP contribution in [0.25, 0.3) is 22.2 Å². The summed E-state index contributed by atoms with van der Waals surface area (Å²) in [4.78, 5) is 20.0. The van der Waals surface area contributed by atoms with E-state index in [9.17, 15) is 15.2 Å². The molecule has 0 bridgehead atoms. The Labute approximate surface area is 253 Å².